The van der Waals surface area contributed by atoms with Crippen molar-refractivity contribution >= 4 is 23.3 Å². The highest BCUT2D eigenvalue weighted by Gasteiger charge is 2.13. The van der Waals surface area contributed by atoms with E-state index in [1.54, 1.807) is 0 Å². The zero-order valence-electron chi connectivity index (χ0n) is 9.12. The summed E-state index contributed by atoms with van der Waals surface area (Å²) in [6, 6.07) is 4.96. The number of amides is 2. The van der Waals surface area contributed by atoms with E-state index >= 15 is 0 Å². The highest BCUT2D eigenvalue weighted by molar-refractivity contribution is 6.39. The van der Waals surface area contributed by atoms with Crippen molar-refractivity contribution in [3.8, 4) is 0 Å². The number of hydrogen-bond donors (Lipinski definition) is 2. The number of rotatable bonds is 3. The summed E-state index contributed by atoms with van der Waals surface area (Å²) in [7, 11) is 0. The molecule has 1 aromatic carbocycles. The van der Waals surface area contributed by atoms with Crippen LogP contribution in [0.1, 0.15) is 6.92 Å². The van der Waals surface area contributed by atoms with Gasteiger partial charge in [-0.25, -0.2) is 4.39 Å². The Morgan fingerprint density at radius 1 is 1.12 bits per heavy atom. The molecule has 1 aromatic rings. The number of benzene rings is 1. The minimum atomic E-state index is -0.912. The van der Waals surface area contributed by atoms with Gasteiger partial charge < -0.3 is 10.6 Å². The molecule has 0 heterocycles. The number of anilines is 1. The van der Waals surface area contributed by atoms with Crippen LogP contribution in [0, 0.1) is 5.82 Å². The van der Waals surface area contributed by atoms with E-state index in [4.69, 9.17) is 0 Å². The van der Waals surface area contributed by atoms with Gasteiger partial charge in [0.2, 0.25) is 0 Å². The van der Waals surface area contributed by atoms with Gasteiger partial charge in [-0.3, -0.25) is 14.4 Å². The molecular formula is C11H11FN2O3. The number of hydrogen-bond acceptors (Lipinski definition) is 3. The number of nitrogens with one attached hydrogen (secondary N) is 2. The van der Waals surface area contributed by atoms with Crippen LogP contribution in [-0.4, -0.2) is 24.1 Å². The molecule has 2 amide bonds. The first-order valence-electron chi connectivity index (χ1n) is 4.83. The lowest BCUT2D eigenvalue weighted by Gasteiger charge is -2.04. The van der Waals surface area contributed by atoms with Gasteiger partial charge in [0, 0.05) is 5.69 Å². The quantitative estimate of drug-likeness (QED) is 0.751. The van der Waals surface area contributed by atoms with Crippen LogP contribution in [0.5, 0.6) is 0 Å². The molecule has 0 aliphatic heterocycles. The molecule has 2 N–H and O–H groups in total. The van der Waals surface area contributed by atoms with Crippen LogP contribution < -0.4 is 10.6 Å². The Labute approximate surface area is 97.0 Å². The third-order valence-corrected chi connectivity index (χ3v) is 1.81. The molecule has 0 bridgehead atoms. The first-order chi connectivity index (χ1) is 7.99. The van der Waals surface area contributed by atoms with E-state index in [9.17, 15) is 18.8 Å². The van der Waals surface area contributed by atoms with Crippen molar-refractivity contribution in [2.24, 2.45) is 0 Å². The molecule has 0 aromatic heterocycles. The molecule has 0 saturated heterocycles. The lowest BCUT2D eigenvalue weighted by atomic mass is 10.3. The predicted molar refractivity (Wildman–Crippen MR) is 58.7 cm³/mol. The number of ketones is 1. The zero-order chi connectivity index (χ0) is 12.8. The van der Waals surface area contributed by atoms with Gasteiger partial charge in [-0.05, 0) is 31.2 Å². The Balaban J connectivity index is 2.51. The monoisotopic (exact) mass is 238 g/mol. The number of carbonyl (C=O) groups is 3. The van der Waals surface area contributed by atoms with E-state index in [-0.39, 0.29) is 12.3 Å². The third kappa shape index (κ3) is 4.42. The average Bonchev–Trinajstić information content (AvgIpc) is 2.28. The Bertz CT molecular complexity index is 443. The molecule has 0 spiro atoms. The predicted octanol–water partition coefficient (Wildman–Crippen LogP) is 0.469. The molecule has 90 valence electrons. The second-order valence-corrected chi connectivity index (χ2v) is 3.35. The summed E-state index contributed by atoms with van der Waals surface area (Å²) in [4.78, 5) is 33.0. The Morgan fingerprint density at radius 2 is 1.71 bits per heavy atom. The molecular weight excluding hydrogens is 227 g/mol. The molecule has 0 radical (unpaired) electrons. The average molecular weight is 238 g/mol. The van der Waals surface area contributed by atoms with Crippen LogP contribution in [0.4, 0.5) is 10.1 Å². The molecule has 0 atom stereocenters. The second-order valence-electron chi connectivity index (χ2n) is 3.35. The second kappa shape index (κ2) is 5.74. The summed E-state index contributed by atoms with van der Waals surface area (Å²) < 4.78 is 12.6. The molecule has 0 aliphatic rings. The van der Waals surface area contributed by atoms with Crippen molar-refractivity contribution in [2.75, 3.05) is 11.9 Å². The molecule has 17 heavy (non-hydrogen) atoms. The largest absolute Gasteiger partial charge is 0.341 e. The van der Waals surface area contributed by atoms with E-state index < -0.39 is 17.6 Å². The summed E-state index contributed by atoms with van der Waals surface area (Å²) in [5.74, 6) is -2.51. The van der Waals surface area contributed by atoms with Crippen molar-refractivity contribution in [3.05, 3.63) is 30.1 Å². The minimum absolute atomic E-state index is 0.199. The Morgan fingerprint density at radius 3 is 2.24 bits per heavy atom. The summed E-state index contributed by atoms with van der Waals surface area (Å²) in [6.07, 6.45) is 0. The van der Waals surface area contributed by atoms with Crippen LogP contribution in [0.25, 0.3) is 0 Å². The summed E-state index contributed by atoms with van der Waals surface area (Å²) in [5, 5.41) is 4.40. The maximum absolute atomic E-state index is 12.6. The lowest BCUT2D eigenvalue weighted by Crippen LogP contribution is -2.37. The van der Waals surface area contributed by atoms with Crippen molar-refractivity contribution in [3.63, 3.8) is 0 Å². The summed E-state index contributed by atoms with van der Waals surface area (Å²) in [6.45, 7) is 1.09. The lowest BCUT2D eigenvalue weighted by molar-refractivity contribution is -0.136. The standard InChI is InChI=1S/C11H11FN2O3/c1-7(15)6-13-10(16)11(17)14-9-4-2-8(12)3-5-9/h2-5H,6H2,1H3,(H,13,16)(H,14,17). The normalized spacial score (nSPS) is 9.53. The smallest absolute Gasteiger partial charge is 0.313 e. The van der Waals surface area contributed by atoms with Gasteiger partial charge in [0.05, 0.1) is 6.54 Å². The topological polar surface area (TPSA) is 75.3 Å². The first kappa shape index (κ1) is 12.8. The van der Waals surface area contributed by atoms with Gasteiger partial charge in [-0.15, -0.1) is 0 Å². The fourth-order valence-electron chi connectivity index (χ4n) is 1.01. The highest BCUT2D eigenvalue weighted by atomic mass is 19.1. The van der Waals surface area contributed by atoms with Gasteiger partial charge in [-0.1, -0.05) is 0 Å². The molecule has 0 unspecified atom stereocenters. The Hall–Kier alpha value is -2.24. The van der Waals surface area contributed by atoms with Gasteiger partial charge in [0.15, 0.2) is 0 Å². The van der Waals surface area contributed by atoms with Gasteiger partial charge in [0.1, 0.15) is 11.6 Å². The van der Waals surface area contributed by atoms with E-state index in [0.717, 1.165) is 12.1 Å². The SMILES string of the molecule is CC(=O)CNC(=O)C(=O)Nc1ccc(F)cc1. The van der Waals surface area contributed by atoms with E-state index in [2.05, 4.69) is 10.6 Å². The third-order valence-electron chi connectivity index (χ3n) is 1.81. The molecule has 0 aliphatic carbocycles. The van der Waals surface area contributed by atoms with E-state index in [0.29, 0.717) is 5.69 Å². The summed E-state index contributed by atoms with van der Waals surface area (Å²) >= 11 is 0. The summed E-state index contributed by atoms with van der Waals surface area (Å²) in [5.41, 5.74) is 0.300. The van der Waals surface area contributed by atoms with Crippen molar-refractivity contribution in [2.45, 2.75) is 6.92 Å². The van der Waals surface area contributed by atoms with Crippen molar-refractivity contribution < 1.29 is 18.8 Å². The van der Waals surface area contributed by atoms with Gasteiger partial charge in [-0.2, -0.15) is 0 Å². The fourth-order valence-corrected chi connectivity index (χ4v) is 1.01. The van der Waals surface area contributed by atoms with Gasteiger partial charge in [0.25, 0.3) is 0 Å². The van der Waals surface area contributed by atoms with Crippen LogP contribution in [0.15, 0.2) is 24.3 Å². The minimum Gasteiger partial charge on any atom is -0.341 e. The van der Waals surface area contributed by atoms with Crippen molar-refractivity contribution in [1.82, 2.24) is 5.32 Å². The van der Waals surface area contributed by atoms with E-state index in [1.807, 2.05) is 0 Å². The number of carbonyl (C=O) groups excluding carboxylic acids is 3. The molecule has 0 saturated carbocycles. The van der Waals surface area contributed by atoms with Crippen molar-refractivity contribution in [1.29, 1.82) is 0 Å². The van der Waals surface area contributed by atoms with Crippen LogP contribution in [0.2, 0.25) is 0 Å². The maximum atomic E-state index is 12.6. The zero-order valence-corrected chi connectivity index (χ0v) is 9.12. The Kier molecular flexibility index (Phi) is 4.33. The van der Waals surface area contributed by atoms with E-state index in [1.165, 1.54) is 19.1 Å². The van der Waals surface area contributed by atoms with Crippen LogP contribution >= 0.6 is 0 Å². The first-order valence-corrected chi connectivity index (χ1v) is 4.83. The number of halogens is 1. The number of Topliss-reactive ketones (excluding diaryl/α,β-unsaturated/α-hetero) is 1. The highest BCUT2D eigenvalue weighted by Crippen LogP contribution is 2.07. The van der Waals surface area contributed by atoms with Crippen LogP contribution in [0.3, 0.4) is 0 Å². The fraction of sp³-hybridized carbons (Fsp3) is 0.182. The van der Waals surface area contributed by atoms with Crippen LogP contribution in [-0.2, 0) is 14.4 Å². The molecule has 1 rings (SSSR count). The maximum Gasteiger partial charge on any atom is 0.313 e. The van der Waals surface area contributed by atoms with Gasteiger partial charge >= 0.3 is 11.8 Å². The molecule has 0 fully saturated rings. The molecule has 6 heteroatoms. The molecule has 5 nitrogen and oxygen atoms in total.